The largest absolute Gasteiger partial charge is 0.493 e. The molecule has 0 aromatic heterocycles. The molecule has 39 heavy (non-hydrogen) atoms. The Hall–Kier alpha value is -3.09. The summed E-state index contributed by atoms with van der Waals surface area (Å²) in [5.41, 5.74) is 2.02. The van der Waals surface area contributed by atoms with Crippen LogP contribution in [0.5, 0.6) is 23.0 Å². The molecule has 0 bridgehead atoms. The number of methoxy groups -OCH3 is 4. The molecule has 0 saturated carbocycles. The molecule has 0 amide bonds. The lowest BCUT2D eigenvalue weighted by Gasteiger charge is -2.40. The molecule has 11 heteroatoms. The molecule has 2 aliphatic rings. The van der Waals surface area contributed by atoms with Crippen LogP contribution in [0.2, 0.25) is 0 Å². The van der Waals surface area contributed by atoms with Gasteiger partial charge in [0.05, 0.1) is 47.6 Å². The number of ether oxygens (including phenoxy) is 6. The van der Waals surface area contributed by atoms with Crippen molar-refractivity contribution in [3.05, 3.63) is 47.0 Å². The Morgan fingerprint density at radius 1 is 0.821 bits per heavy atom. The number of carbonyl (C=O) groups excluding carboxylic acids is 1. The van der Waals surface area contributed by atoms with Crippen LogP contribution < -0.4 is 18.9 Å². The highest BCUT2D eigenvalue weighted by atomic mass is 16.6. The van der Waals surface area contributed by atoms with Gasteiger partial charge in [0, 0.05) is 11.5 Å². The Morgan fingerprint density at radius 2 is 1.51 bits per heavy atom. The van der Waals surface area contributed by atoms with E-state index >= 15 is 0 Å². The summed E-state index contributed by atoms with van der Waals surface area (Å²) < 4.78 is 33.0. The van der Waals surface area contributed by atoms with Gasteiger partial charge in [0.25, 0.3) is 0 Å². The van der Waals surface area contributed by atoms with Gasteiger partial charge in [0.15, 0.2) is 23.0 Å². The van der Waals surface area contributed by atoms with Crippen LogP contribution in [0.4, 0.5) is 0 Å². The van der Waals surface area contributed by atoms with E-state index in [1.54, 1.807) is 26.4 Å². The van der Waals surface area contributed by atoms with Crippen LogP contribution in [-0.4, -0.2) is 92.5 Å². The van der Waals surface area contributed by atoms with Crippen molar-refractivity contribution in [3.63, 3.8) is 0 Å². The Labute approximate surface area is 226 Å². The van der Waals surface area contributed by atoms with Crippen molar-refractivity contribution >= 4 is 5.97 Å². The summed E-state index contributed by atoms with van der Waals surface area (Å²) in [4.78, 5) is 12.8. The number of rotatable bonds is 10. The number of aliphatic hydroxyl groups is 4. The van der Waals surface area contributed by atoms with E-state index in [1.165, 1.54) is 14.2 Å². The number of cyclic esters (lactones) is 1. The molecule has 3 unspecified atom stereocenters. The predicted octanol–water partition coefficient (Wildman–Crippen LogP) is 0.810. The molecule has 2 aromatic carbocycles. The number of esters is 1. The van der Waals surface area contributed by atoms with Gasteiger partial charge in [-0.2, -0.15) is 0 Å². The fourth-order valence-corrected chi connectivity index (χ4v) is 5.36. The minimum absolute atomic E-state index is 0.112. The van der Waals surface area contributed by atoms with Gasteiger partial charge in [-0.25, -0.2) is 0 Å². The summed E-state index contributed by atoms with van der Waals surface area (Å²) in [6.45, 7) is -0.295. The minimum atomic E-state index is -1.56. The number of benzene rings is 2. The first-order valence-electron chi connectivity index (χ1n) is 12.7. The van der Waals surface area contributed by atoms with Crippen LogP contribution in [0, 0.1) is 11.8 Å². The van der Waals surface area contributed by atoms with Crippen LogP contribution >= 0.6 is 0 Å². The van der Waals surface area contributed by atoms with E-state index in [2.05, 4.69) is 0 Å². The van der Waals surface area contributed by atoms with Gasteiger partial charge in [-0.05, 0) is 48.2 Å². The van der Waals surface area contributed by atoms with Gasteiger partial charge in [0.1, 0.15) is 30.5 Å². The highest BCUT2D eigenvalue weighted by molar-refractivity contribution is 5.75. The Bertz CT molecular complexity index is 1150. The summed E-state index contributed by atoms with van der Waals surface area (Å²) in [5, 5.41) is 41.0. The fourth-order valence-electron chi connectivity index (χ4n) is 5.36. The molecule has 2 heterocycles. The monoisotopic (exact) mass is 548 g/mol. The topological polar surface area (TPSA) is 153 Å². The number of hydrogen-bond donors (Lipinski definition) is 4. The average molecular weight is 549 g/mol. The van der Waals surface area contributed by atoms with Crippen LogP contribution in [-0.2, 0) is 27.1 Å². The van der Waals surface area contributed by atoms with E-state index in [0.717, 1.165) is 5.56 Å². The molecule has 2 aromatic rings. The van der Waals surface area contributed by atoms with Crippen LogP contribution in [0.25, 0.3) is 0 Å². The first-order chi connectivity index (χ1) is 18.8. The Kier molecular flexibility index (Phi) is 9.19. The molecular formula is C28H36O11. The smallest absolute Gasteiger partial charge is 0.309 e. The van der Waals surface area contributed by atoms with Gasteiger partial charge >= 0.3 is 5.97 Å². The molecule has 4 rings (SSSR count). The molecule has 4 N–H and O–H groups in total. The average Bonchev–Trinajstić information content (AvgIpc) is 3.29. The van der Waals surface area contributed by atoms with Gasteiger partial charge in [-0.3, -0.25) is 4.79 Å². The van der Waals surface area contributed by atoms with Gasteiger partial charge in [0.2, 0.25) is 0 Å². The van der Waals surface area contributed by atoms with Gasteiger partial charge < -0.3 is 48.8 Å². The van der Waals surface area contributed by atoms with Crippen LogP contribution in [0.3, 0.4) is 0 Å². The molecule has 2 fully saturated rings. The lowest BCUT2D eigenvalue weighted by molar-refractivity contribution is -0.232. The SMILES string of the molecule is COc1ccc(CC2COC(=O)C2Cc2cc(OC)c(OC)c(C3O[C@H](CO)[C@@H](O)[C@H](O)[C@H]3O)c2)cc1OC. The third-order valence-electron chi connectivity index (χ3n) is 7.48. The zero-order valence-corrected chi connectivity index (χ0v) is 22.4. The number of carbonyl (C=O) groups is 1. The Morgan fingerprint density at radius 3 is 2.15 bits per heavy atom. The molecule has 2 saturated heterocycles. The van der Waals surface area contributed by atoms with Crippen molar-refractivity contribution in [3.8, 4) is 23.0 Å². The summed E-state index contributed by atoms with van der Waals surface area (Å²) in [6.07, 6.45) is -5.92. The molecule has 0 spiro atoms. The maximum Gasteiger partial charge on any atom is 0.309 e. The van der Waals surface area contributed by atoms with Crippen molar-refractivity contribution in [1.29, 1.82) is 0 Å². The predicted molar refractivity (Wildman–Crippen MR) is 137 cm³/mol. The summed E-state index contributed by atoms with van der Waals surface area (Å²) in [5.74, 6) is 0.928. The van der Waals surface area contributed by atoms with Gasteiger partial charge in [-0.15, -0.1) is 0 Å². The molecule has 11 nitrogen and oxygen atoms in total. The second kappa shape index (κ2) is 12.4. The van der Waals surface area contributed by atoms with E-state index in [1.807, 2.05) is 18.2 Å². The lowest BCUT2D eigenvalue weighted by Crippen LogP contribution is -2.55. The van der Waals surface area contributed by atoms with Crippen molar-refractivity contribution in [1.82, 2.24) is 0 Å². The molecule has 214 valence electrons. The second-order valence-electron chi connectivity index (χ2n) is 9.76. The lowest BCUT2D eigenvalue weighted by atomic mass is 9.83. The van der Waals surface area contributed by atoms with Gasteiger partial charge in [-0.1, -0.05) is 6.07 Å². The fraction of sp³-hybridized carbons (Fsp3) is 0.536. The molecule has 2 aliphatic heterocycles. The van der Waals surface area contributed by atoms with Crippen molar-refractivity contribution < 1.29 is 53.6 Å². The highest BCUT2D eigenvalue weighted by Crippen LogP contribution is 2.43. The van der Waals surface area contributed by atoms with Crippen molar-refractivity contribution in [2.75, 3.05) is 41.7 Å². The third kappa shape index (κ3) is 5.78. The van der Waals surface area contributed by atoms with E-state index in [-0.39, 0.29) is 24.2 Å². The minimum Gasteiger partial charge on any atom is -0.493 e. The number of aliphatic hydroxyl groups excluding tert-OH is 4. The van der Waals surface area contributed by atoms with E-state index in [4.69, 9.17) is 28.4 Å². The highest BCUT2D eigenvalue weighted by Gasteiger charge is 2.45. The molecule has 0 aliphatic carbocycles. The standard InChI is InChI=1S/C28H36O11/c1-34-19-6-5-14(10-20(19)35-2)7-16-13-38-28(33)17(16)8-15-9-18(26(37-4)21(11-15)36-3)27-25(32)24(31)23(30)22(12-29)39-27/h5-6,9-11,16-17,22-25,27,29-32H,7-8,12-13H2,1-4H3/t16?,17?,22-,23-,24+,25-,27?/m1/s1. The van der Waals surface area contributed by atoms with E-state index < -0.39 is 43.0 Å². The van der Waals surface area contributed by atoms with Crippen LogP contribution in [0.15, 0.2) is 30.3 Å². The zero-order chi connectivity index (χ0) is 28.3. The number of hydrogen-bond acceptors (Lipinski definition) is 11. The summed E-state index contributed by atoms with van der Waals surface area (Å²) in [7, 11) is 6.02. The molecule has 7 atom stereocenters. The van der Waals surface area contributed by atoms with E-state index in [9.17, 15) is 25.2 Å². The summed E-state index contributed by atoms with van der Waals surface area (Å²) in [6, 6.07) is 9.08. The maximum absolute atomic E-state index is 12.8. The second-order valence-corrected chi connectivity index (χ2v) is 9.76. The summed E-state index contributed by atoms with van der Waals surface area (Å²) >= 11 is 0. The maximum atomic E-state index is 12.8. The zero-order valence-electron chi connectivity index (χ0n) is 22.4. The normalized spacial score (nSPS) is 28.6. The molecular weight excluding hydrogens is 512 g/mol. The molecule has 0 radical (unpaired) electrons. The third-order valence-corrected chi connectivity index (χ3v) is 7.48. The first kappa shape index (κ1) is 28.9. The van der Waals surface area contributed by atoms with E-state index in [0.29, 0.717) is 41.2 Å². The first-order valence-corrected chi connectivity index (χ1v) is 12.7. The Balaban J connectivity index is 1.64. The van der Waals surface area contributed by atoms with Crippen LogP contribution in [0.1, 0.15) is 22.8 Å². The van der Waals surface area contributed by atoms with Crippen molar-refractivity contribution in [2.24, 2.45) is 11.8 Å². The quantitative estimate of drug-likeness (QED) is 0.312. The van der Waals surface area contributed by atoms with Crippen molar-refractivity contribution in [2.45, 2.75) is 43.4 Å².